The largest absolute Gasteiger partial charge is 0.424 e. The molecule has 1 aliphatic rings. The summed E-state index contributed by atoms with van der Waals surface area (Å²) in [6.45, 7) is 3.92. The average molecular weight is 427 g/mol. The van der Waals surface area contributed by atoms with Crippen LogP contribution in [-0.2, 0) is 4.74 Å². The zero-order valence-electron chi connectivity index (χ0n) is 16.5. The number of nitrogens with two attached hydrogens (primary N) is 1. The minimum absolute atomic E-state index is 0.0691. The Kier molecular flexibility index (Phi) is 5.72. The van der Waals surface area contributed by atoms with Crippen molar-refractivity contribution in [2.75, 3.05) is 37.4 Å². The van der Waals surface area contributed by atoms with E-state index in [-0.39, 0.29) is 18.0 Å². The second kappa shape index (κ2) is 8.59. The Balaban J connectivity index is 1.65. The van der Waals surface area contributed by atoms with Crippen molar-refractivity contribution in [3.05, 3.63) is 36.0 Å². The van der Waals surface area contributed by atoms with E-state index in [1.54, 1.807) is 37.5 Å². The highest BCUT2D eigenvalue weighted by Gasteiger charge is 2.22. The molecule has 0 spiro atoms. The third-order valence-electron chi connectivity index (χ3n) is 4.42. The lowest BCUT2D eigenvalue weighted by Crippen LogP contribution is -2.42. The fourth-order valence-corrected chi connectivity index (χ4v) is 3.58. The van der Waals surface area contributed by atoms with Gasteiger partial charge in [-0.25, -0.2) is 4.98 Å². The Bertz CT molecular complexity index is 1040. The predicted molar refractivity (Wildman–Crippen MR) is 113 cm³/mol. The summed E-state index contributed by atoms with van der Waals surface area (Å²) in [6.07, 6.45) is 1.70. The van der Waals surface area contributed by atoms with Crippen LogP contribution in [0, 0.1) is 0 Å². The number of thiazole rings is 1. The van der Waals surface area contributed by atoms with E-state index in [4.69, 9.17) is 15.2 Å². The number of benzene rings is 1. The van der Waals surface area contributed by atoms with Gasteiger partial charge in [0.05, 0.1) is 23.8 Å². The minimum atomic E-state index is -0.171. The Morgan fingerprint density at radius 1 is 1.30 bits per heavy atom. The van der Waals surface area contributed by atoms with E-state index in [0.29, 0.717) is 47.9 Å². The number of hydrogen-bond donors (Lipinski definition) is 2. The van der Waals surface area contributed by atoms with E-state index in [0.717, 1.165) is 4.88 Å². The van der Waals surface area contributed by atoms with E-state index < -0.39 is 0 Å². The maximum absolute atomic E-state index is 11.7. The van der Waals surface area contributed by atoms with Crippen molar-refractivity contribution in [1.29, 1.82) is 0 Å². The zero-order chi connectivity index (χ0) is 21.1. The van der Waals surface area contributed by atoms with Crippen molar-refractivity contribution in [3.63, 3.8) is 0 Å². The van der Waals surface area contributed by atoms with Crippen LogP contribution in [-0.4, -0.2) is 58.7 Å². The number of nitrogen functional groups attached to an aromatic ring is 1. The number of nitrogens with zero attached hydrogens (tertiary/aromatic N) is 5. The molecule has 4 rings (SSSR count). The molecule has 2 aromatic heterocycles. The molecule has 3 aromatic rings. The SMILES string of the molecule is CNC(=O)c1ccc(Oc2nc(-c3cnc(N)s3)nc(N3CCO[C@@H](C)C3)n2)cc1. The highest BCUT2D eigenvalue weighted by Crippen LogP contribution is 2.29. The number of rotatable bonds is 5. The summed E-state index contributed by atoms with van der Waals surface area (Å²) in [5, 5.41) is 3.01. The van der Waals surface area contributed by atoms with Crippen LogP contribution in [0.15, 0.2) is 30.5 Å². The Hall–Kier alpha value is -3.31. The summed E-state index contributed by atoms with van der Waals surface area (Å²) in [5.41, 5.74) is 6.30. The summed E-state index contributed by atoms with van der Waals surface area (Å²) in [6, 6.07) is 6.87. The first-order chi connectivity index (χ1) is 14.5. The molecule has 1 amide bonds. The van der Waals surface area contributed by atoms with Crippen LogP contribution in [0.5, 0.6) is 11.8 Å². The first-order valence-corrected chi connectivity index (χ1v) is 10.2. The average Bonchev–Trinajstić information content (AvgIpc) is 3.20. The number of anilines is 2. The molecule has 156 valence electrons. The lowest BCUT2D eigenvalue weighted by atomic mass is 10.2. The highest BCUT2D eigenvalue weighted by atomic mass is 32.1. The molecule has 30 heavy (non-hydrogen) atoms. The van der Waals surface area contributed by atoms with E-state index in [9.17, 15) is 4.79 Å². The quantitative estimate of drug-likeness (QED) is 0.628. The Labute approximate surface area is 177 Å². The topological polar surface area (TPSA) is 128 Å². The standard InChI is InChI=1S/C19H21N7O3S/c1-11-10-26(7-8-28-11)18-23-15(14-9-22-17(20)30-14)24-19(25-18)29-13-5-3-12(4-6-13)16(27)21-2/h3-6,9,11H,7-8,10H2,1-2H3,(H2,20,22)(H,21,27)/t11-/m0/s1. The first kappa shape index (κ1) is 20.0. The van der Waals surface area contributed by atoms with Gasteiger partial charge in [-0.15, -0.1) is 0 Å². The molecule has 3 heterocycles. The number of nitrogens with one attached hydrogen (secondary N) is 1. The molecule has 0 saturated carbocycles. The molecule has 0 bridgehead atoms. The molecule has 1 atom stereocenters. The van der Waals surface area contributed by atoms with Crippen molar-refractivity contribution in [2.24, 2.45) is 0 Å². The summed E-state index contributed by atoms with van der Waals surface area (Å²) < 4.78 is 11.5. The molecule has 3 N–H and O–H groups in total. The monoisotopic (exact) mass is 427 g/mol. The van der Waals surface area contributed by atoms with Gasteiger partial charge in [-0.1, -0.05) is 11.3 Å². The lowest BCUT2D eigenvalue weighted by molar-refractivity contribution is 0.0526. The van der Waals surface area contributed by atoms with Gasteiger partial charge in [0.2, 0.25) is 5.95 Å². The van der Waals surface area contributed by atoms with Gasteiger partial charge in [0.15, 0.2) is 11.0 Å². The fraction of sp³-hybridized carbons (Fsp3) is 0.316. The smallest absolute Gasteiger partial charge is 0.327 e. The van der Waals surface area contributed by atoms with Gasteiger partial charge in [0.25, 0.3) is 5.91 Å². The van der Waals surface area contributed by atoms with Gasteiger partial charge in [0, 0.05) is 25.7 Å². The van der Waals surface area contributed by atoms with Crippen LogP contribution in [0.2, 0.25) is 0 Å². The van der Waals surface area contributed by atoms with Crippen molar-refractivity contribution in [1.82, 2.24) is 25.3 Å². The van der Waals surface area contributed by atoms with Crippen LogP contribution >= 0.6 is 11.3 Å². The van der Waals surface area contributed by atoms with Crippen molar-refractivity contribution in [3.8, 4) is 22.5 Å². The Morgan fingerprint density at radius 3 is 2.77 bits per heavy atom. The van der Waals surface area contributed by atoms with Crippen LogP contribution in [0.1, 0.15) is 17.3 Å². The predicted octanol–water partition coefficient (Wildman–Crippen LogP) is 1.95. The van der Waals surface area contributed by atoms with Gasteiger partial charge >= 0.3 is 6.01 Å². The molecule has 10 nitrogen and oxygen atoms in total. The number of hydrogen-bond acceptors (Lipinski definition) is 10. The summed E-state index contributed by atoms with van der Waals surface area (Å²) in [4.78, 5) is 32.1. The van der Waals surface area contributed by atoms with Crippen molar-refractivity contribution >= 4 is 28.3 Å². The van der Waals surface area contributed by atoms with E-state index in [2.05, 4.69) is 25.3 Å². The van der Waals surface area contributed by atoms with Crippen LogP contribution in [0.3, 0.4) is 0 Å². The van der Waals surface area contributed by atoms with Crippen LogP contribution < -0.4 is 20.7 Å². The number of morpholine rings is 1. The molecule has 1 fully saturated rings. The molecular formula is C19H21N7O3S. The molecular weight excluding hydrogens is 406 g/mol. The molecule has 11 heteroatoms. The van der Waals surface area contributed by atoms with Crippen LogP contribution in [0.25, 0.3) is 10.7 Å². The third kappa shape index (κ3) is 4.47. The van der Waals surface area contributed by atoms with Gasteiger partial charge in [-0.2, -0.15) is 15.0 Å². The van der Waals surface area contributed by atoms with Gasteiger partial charge < -0.3 is 25.4 Å². The highest BCUT2D eigenvalue weighted by molar-refractivity contribution is 7.18. The van der Waals surface area contributed by atoms with E-state index in [1.165, 1.54) is 11.3 Å². The number of carbonyl (C=O) groups excluding carboxylic acids is 1. The zero-order valence-corrected chi connectivity index (χ0v) is 17.3. The van der Waals surface area contributed by atoms with Crippen LogP contribution in [0.4, 0.5) is 11.1 Å². The molecule has 1 aliphatic heterocycles. The molecule has 0 aliphatic carbocycles. The molecule has 1 aromatic carbocycles. The van der Waals surface area contributed by atoms with Gasteiger partial charge in [-0.05, 0) is 31.2 Å². The van der Waals surface area contributed by atoms with E-state index in [1.807, 2.05) is 11.8 Å². The second-order valence-corrected chi connectivity index (χ2v) is 7.70. The fourth-order valence-electron chi connectivity index (χ4n) is 2.96. The number of carbonyl (C=O) groups is 1. The number of amides is 1. The van der Waals surface area contributed by atoms with Gasteiger partial charge in [0.1, 0.15) is 5.75 Å². The summed E-state index contributed by atoms with van der Waals surface area (Å²) >= 11 is 1.29. The Morgan fingerprint density at radius 2 is 2.10 bits per heavy atom. The van der Waals surface area contributed by atoms with Crippen molar-refractivity contribution < 1.29 is 14.3 Å². The lowest BCUT2D eigenvalue weighted by Gasteiger charge is -2.31. The normalized spacial score (nSPS) is 16.3. The van der Waals surface area contributed by atoms with Crippen molar-refractivity contribution in [2.45, 2.75) is 13.0 Å². The van der Waals surface area contributed by atoms with Gasteiger partial charge in [-0.3, -0.25) is 4.79 Å². The second-order valence-electron chi connectivity index (χ2n) is 6.64. The maximum Gasteiger partial charge on any atom is 0.327 e. The number of ether oxygens (including phenoxy) is 2. The maximum atomic E-state index is 11.7. The molecule has 0 radical (unpaired) electrons. The van der Waals surface area contributed by atoms with E-state index >= 15 is 0 Å². The summed E-state index contributed by atoms with van der Waals surface area (Å²) in [7, 11) is 1.58. The third-order valence-corrected chi connectivity index (χ3v) is 5.25. The first-order valence-electron chi connectivity index (χ1n) is 9.36. The summed E-state index contributed by atoms with van der Waals surface area (Å²) in [5.74, 6) is 1.27. The molecule has 1 saturated heterocycles. The molecule has 0 unspecified atom stereocenters. The minimum Gasteiger partial charge on any atom is -0.424 e. The number of aromatic nitrogens is 4.